The number of piperidine rings is 1. The van der Waals surface area contributed by atoms with Crippen LogP contribution in [0.4, 0.5) is 17.6 Å². The van der Waals surface area contributed by atoms with E-state index in [1.165, 1.54) is 19.1 Å². The van der Waals surface area contributed by atoms with Crippen molar-refractivity contribution in [1.82, 2.24) is 4.90 Å². The molecule has 1 saturated heterocycles. The van der Waals surface area contributed by atoms with E-state index >= 15 is 0 Å². The van der Waals surface area contributed by atoms with Gasteiger partial charge in [0.2, 0.25) is 0 Å². The molecule has 0 amide bonds. The minimum absolute atomic E-state index is 0.0205. The van der Waals surface area contributed by atoms with Gasteiger partial charge in [-0.25, -0.2) is 9.18 Å². The largest absolute Gasteiger partial charge is 0.490 e. The van der Waals surface area contributed by atoms with Gasteiger partial charge in [0.05, 0.1) is 5.02 Å². The van der Waals surface area contributed by atoms with Crippen LogP contribution in [0.2, 0.25) is 5.02 Å². The first-order valence-corrected chi connectivity index (χ1v) is 8.35. The fraction of sp³-hybridized carbons (Fsp3) is 0.562. The van der Waals surface area contributed by atoms with Crippen LogP contribution in [0.25, 0.3) is 0 Å². The molecule has 2 N–H and O–H groups in total. The van der Waals surface area contributed by atoms with Crippen molar-refractivity contribution in [1.29, 1.82) is 0 Å². The van der Waals surface area contributed by atoms with E-state index in [9.17, 15) is 22.4 Å². The van der Waals surface area contributed by atoms with E-state index in [1.54, 1.807) is 4.90 Å². The Bertz CT molecular complexity index is 636. The van der Waals surface area contributed by atoms with E-state index in [0.717, 1.165) is 6.07 Å². The van der Waals surface area contributed by atoms with Crippen LogP contribution in [0.5, 0.6) is 5.75 Å². The van der Waals surface area contributed by atoms with E-state index in [4.69, 9.17) is 22.1 Å². The zero-order valence-corrected chi connectivity index (χ0v) is 14.7. The Morgan fingerprint density at radius 1 is 1.35 bits per heavy atom. The monoisotopic (exact) mass is 398 g/mol. The predicted molar refractivity (Wildman–Crippen MR) is 86.2 cm³/mol. The Morgan fingerprint density at radius 2 is 1.96 bits per heavy atom. The molecular formula is C16H19ClF4N2O3. The fourth-order valence-corrected chi connectivity index (χ4v) is 2.74. The fourth-order valence-electron chi connectivity index (χ4n) is 2.62. The smallest absolute Gasteiger partial charge is 0.471 e. The Balaban J connectivity index is 2.17. The average Bonchev–Trinajstić information content (AvgIpc) is 2.56. The first kappa shape index (κ1) is 20.7. The molecule has 0 aliphatic carbocycles. The SMILES string of the molecule is CC(OC(=O)C(F)(F)F)C(Oc1ccc(Cl)c(F)c1)N1CCC(N)CC1. The quantitative estimate of drug-likeness (QED) is 0.610. The summed E-state index contributed by atoms with van der Waals surface area (Å²) < 4.78 is 61.2. The summed E-state index contributed by atoms with van der Waals surface area (Å²) in [5, 5.41) is -0.116. The zero-order chi connectivity index (χ0) is 19.5. The first-order valence-electron chi connectivity index (χ1n) is 7.97. The van der Waals surface area contributed by atoms with Gasteiger partial charge in [-0.2, -0.15) is 13.2 Å². The van der Waals surface area contributed by atoms with Gasteiger partial charge in [0.15, 0.2) is 6.23 Å². The minimum atomic E-state index is -5.12. The summed E-state index contributed by atoms with van der Waals surface area (Å²) in [5.74, 6) is -2.99. The van der Waals surface area contributed by atoms with E-state index in [2.05, 4.69) is 4.74 Å². The molecule has 1 heterocycles. The number of carbonyl (C=O) groups excluding carboxylic acids is 1. The van der Waals surface area contributed by atoms with Crippen molar-refractivity contribution in [3.8, 4) is 5.75 Å². The molecule has 1 aliphatic rings. The number of halogens is 5. The number of rotatable bonds is 5. The normalized spacial score (nSPS) is 19.0. The molecular weight excluding hydrogens is 380 g/mol. The van der Waals surface area contributed by atoms with Crippen LogP contribution >= 0.6 is 11.6 Å². The van der Waals surface area contributed by atoms with Crippen molar-refractivity contribution < 1.29 is 31.8 Å². The number of benzene rings is 1. The third kappa shape index (κ3) is 5.46. The number of hydrogen-bond acceptors (Lipinski definition) is 5. The molecule has 1 aromatic carbocycles. The number of hydrogen-bond donors (Lipinski definition) is 1. The highest BCUT2D eigenvalue weighted by Crippen LogP contribution is 2.26. The maximum absolute atomic E-state index is 13.6. The van der Waals surface area contributed by atoms with Crippen molar-refractivity contribution in [3.63, 3.8) is 0 Å². The number of alkyl halides is 3. The van der Waals surface area contributed by atoms with Gasteiger partial charge in [-0.05, 0) is 31.9 Å². The number of nitrogens with zero attached hydrogens (tertiary/aromatic N) is 1. The summed E-state index contributed by atoms with van der Waals surface area (Å²) in [5.41, 5.74) is 5.83. The highest BCUT2D eigenvalue weighted by Gasteiger charge is 2.43. The molecule has 2 unspecified atom stereocenters. The Morgan fingerprint density at radius 3 is 2.50 bits per heavy atom. The van der Waals surface area contributed by atoms with Gasteiger partial charge in [0.25, 0.3) is 0 Å². The van der Waals surface area contributed by atoms with Gasteiger partial charge < -0.3 is 15.2 Å². The highest BCUT2D eigenvalue weighted by atomic mass is 35.5. The summed E-state index contributed by atoms with van der Waals surface area (Å²) in [7, 11) is 0. The molecule has 26 heavy (non-hydrogen) atoms. The van der Waals surface area contributed by atoms with Gasteiger partial charge in [-0.15, -0.1) is 0 Å². The Labute approximate surface area is 153 Å². The van der Waals surface area contributed by atoms with E-state index in [1.807, 2.05) is 0 Å². The molecule has 0 aromatic heterocycles. The van der Waals surface area contributed by atoms with E-state index in [-0.39, 0.29) is 16.8 Å². The van der Waals surface area contributed by atoms with Crippen molar-refractivity contribution >= 4 is 17.6 Å². The molecule has 2 atom stereocenters. The average molecular weight is 399 g/mol. The van der Waals surface area contributed by atoms with Crippen LogP contribution in [-0.4, -0.2) is 48.5 Å². The third-order valence-electron chi connectivity index (χ3n) is 4.01. The number of nitrogens with two attached hydrogens (primary N) is 1. The Kier molecular flexibility index (Phi) is 6.70. The molecule has 0 spiro atoms. The lowest BCUT2D eigenvalue weighted by Gasteiger charge is -2.38. The first-order chi connectivity index (χ1) is 12.1. The predicted octanol–water partition coefficient (Wildman–Crippen LogP) is 3.10. The summed E-state index contributed by atoms with van der Waals surface area (Å²) in [6.07, 6.45) is -6.19. The van der Waals surface area contributed by atoms with Gasteiger partial charge in [-0.1, -0.05) is 11.6 Å². The van der Waals surface area contributed by atoms with Gasteiger partial charge in [0, 0.05) is 25.2 Å². The molecule has 1 aliphatic heterocycles. The third-order valence-corrected chi connectivity index (χ3v) is 4.31. The zero-order valence-electron chi connectivity index (χ0n) is 13.9. The van der Waals surface area contributed by atoms with Crippen molar-refractivity contribution in [2.24, 2.45) is 5.73 Å². The maximum Gasteiger partial charge on any atom is 0.490 e. The van der Waals surface area contributed by atoms with Crippen LogP contribution in [0, 0.1) is 5.82 Å². The second-order valence-electron chi connectivity index (χ2n) is 6.07. The molecule has 1 fully saturated rings. The molecule has 10 heteroatoms. The molecule has 0 radical (unpaired) electrons. The molecule has 2 rings (SSSR count). The van der Waals surface area contributed by atoms with Crippen LogP contribution in [0.15, 0.2) is 18.2 Å². The van der Waals surface area contributed by atoms with Gasteiger partial charge in [-0.3, -0.25) is 4.90 Å². The topological polar surface area (TPSA) is 64.8 Å². The minimum Gasteiger partial charge on any atom is -0.471 e. The van der Waals surface area contributed by atoms with Crippen LogP contribution in [0.3, 0.4) is 0 Å². The molecule has 146 valence electrons. The lowest BCUT2D eigenvalue weighted by Crippen LogP contribution is -2.53. The maximum atomic E-state index is 13.6. The van der Waals surface area contributed by atoms with Crippen molar-refractivity contribution in [3.05, 3.63) is 29.0 Å². The molecule has 1 aromatic rings. The summed E-state index contributed by atoms with van der Waals surface area (Å²) >= 11 is 5.61. The van der Waals surface area contributed by atoms with Crippen molar-refractivity contribution in [2.45, 2.75) is 44.3 Å². The van der Waals surface area contributed by atoms with Crippen LogP contribution in [-0.2, 0) is 9.53 Å². The van der Waals surface area contributed by atoms with Crippen LogP contribution < -0.4 is 10.5 Å². The molecule has 0 bridgehead atoms. The van der Waals surface area contributed by atoms with Gasteiger partial charge >= 0.3 is 12.1 Å². The summed E-state index contributed by atoms with van der Waals surface area (Å²) in [6, 6.07) is 3.64. The van der Waals surface area contributed by atoms with E-state index < -0.39 is 30.3 Å². The second kappa shape index (κ2) is 8.41. The molecule has 5 nitrogen and oxygen atoms in total. The van der Waals surface area contributed by atoms with Gasteiger partial charge in [0.1, 0.15) is 17.7 Å². The molecule has 0 saturated carbocycles. The Hall–Kier alpha value is -1.58. The van der Waals surface area contributed by atoms with Crippen LogP contribution in [0.1, 0.15) is 19.8 Å². The summed E-state index contributed by atoms with van der Waals surface area (Å²) in [4.78, 5) is 12.9. The number of likely N-dealkylation sites (tertiary alicyclic amines) is 1. The lowest BCUT2D eigenvalue weighted by atomic mass is 10.1. The second-order valence-corrected chi connectivity index (χ2v) is 6.47. The van der Waals surface area contributed by atoms with Crippen molar-refractivity contribution in [2.75, 3.05) is 13.1 Å². The number of ether oxygens (including phenoxy) is 2. The number of esters is 1. The van der Waals surface area contributed by atoms with E-state index in [0.29, 0.717) is 25.9 Å². The summed E-state index contributed by atoms with van der Waals surface area (Å²) in [6.45, 7) is 2.17. The number of carbonyl (C=O) groups is 1. The standard InChI is InChI=1S/C16H19ClF4N2O3/c1-9(25-15(24)16(19,20)21)14(23-6-4-10(22)5-7-23)26-11-2-3-12(17)13(18)8-11/h2-3,8-10,14H,4-7,22H2,1H3. The lowest BCUT2D eigenvalue weighted by molar-refractivity contribution is -0.212. The highest BCUT2D eigenvalue weighted by molar-refractivity contribution is 6.30.